The number of fused-ring (bicyclic) bond motifs is 1. The van der Waals surface area contributed by atoms with Crippen LogP contribution in [-0.4, -0.2) is 30.7 Å². The molecule has 0 aromatic heterocycles. The predicted octanol–water partition coefficient (Wildman–Crippen LogP) is 0.874. The molecule has 134 valence electrons. The van der Waals surface area contributed by atoms with E-state index < -0.39 is 0 Å². The highest BCUT2D eigenvalue weighted by Gasteiger charge is 2.11. The fourth-order valence-corrected chi connectivity index (χ4v) is 2.86. The average Bonchev–Trinajstić information content (AvgIpc) is 2.60. The zero-order valence-electron chi connectivity index (χ0n) is 13.3. The Labute approximate surface area is 161 Å². The Morgan fingerprint density at radius 3 is 2.72 bits per heavy atom. The molecule has 0 bridgehead atoms. The maximum atomic E-state index is 6.03. The van der Waals surface area contributed by atoms with E-state index in [9.17, 15) is 0 Å². The van der Waals surface area contributed by atoms with E-state index in [1.807, 2.05) is 36.4 Å². The van der Waals surface area contributed by atoms with Crippen LogP contribution < -0.4 is 32.4 Å². The third-order valence-corrected chi connectivity index (χ3v) is 4.26. The summed E-state index contributed by atoms with van der Waals surface area (Å²) in [5.74, 6) is 2.77. The zero-order chi connectivity index (χ0) is 16.8. The number of para-hydroxylation sites is 1. The van der Waals surface area contributed by atoms with Gasteiger partial charge in [0.2, 0.25) is 0 Å². The summed E-state index contributed by atoms with van der Waals surface area (Å²) in [5.41, 5.74) is 6.68. The van der Waals surface area contributed by atoms with Crippen molar-refractivity contribution in [3.05, 3.63) is 47.5 Å². The molecule has 25 heavy (non-hydrogen) atoms. The lowest BCUT2D eigenvalue weighted by atomic mass is 10.2. The van der Waals surface area contributed by atoms with Gasteiger partial charge in [-0.25, -0.2) is 4.99 Å². The number of amidine groups is 1. The fourth-order valence-electron chi connectivity index (χ4n) is 2.12. The summed E-state index contributed by atoms with van der Waals surface area (Å²) in [7, 11) is 0. The summed E-state index contributed by atoms with van der Waals surface area (Å²) in [6.07, 6.45) is 0. The number of halogens is 2. The second kappa shape index (κ2) is 9.65. The number of hydrogen-bond acceptors (Lipinski definition) is 5. The molecule has 2 aromatic carbocycles. The molecule has 1 aliphatic heterocycles. The lowest BCUT2D eigenvalue weighted by Crippen LogP contribution is -3.00. The minimum absolute atomic E-state index is 0. The van der Waals surface area contributed by atoms with E-state index in [1.165, 1.54) is 11.8 Å². The Kier molecular flexibility index (Phi) is 7.55. The van der Waals surface area contributed by atoms with E-state index >= 15 is 0 Å². The number of nitrogens with zero attached hydrogens (tertiary/aromatic N) is 1. The number of nitrogens with two attached hydrogens (primary N) is 1. The Hall–Kier alpha value is -1.76. The molecule has 2 N–H and O–H groups in total. The number of benzene rings is 2. The lowest BCUT2D eigenvalue weighted by molar-refractivity contribution is -0.00000584. The van der Waals surface area contributed by atoms with Gasteiger partial charge in [-0.1, -0.05) is 35.5 Å². The van der Waals surface area contributed by atoms with Crippen molar-refractivity contribution in [1.82, 2.24) is 0 Å². The molecule has 0 fully saturated rings. The van der Waals surface area contributed by atoms with Crippen LogP contribution in [0.5, 0.6) is 17.2 Å². The Morgan fingerprint density at radius 1 is 1.16 bits per heavy atom. The van der Waals surface area contributed by atoms with Gasteiger partial charge in [-0.3, -0.25) is 0 Å². The highest BCUT2D eigenvalue weighted by molar-refractivity contribution is 8.13. The quantitative estimate of drug-likeness (QED) is 0.459. The largest absolute Gasteiger partial charge is 1.00 e. The molecule has 0 radical (unpaired) electrons. The molecule has 0 atom stereocenters. The Morgan fingerprint density at radius 2 is 1.92 bits per heavy atom. The molecule has 8 heteroatoms. The number of aliphatic imine (C=N–C) groups is 1. The molecule has 0 unspecified atom stereocenters. The van der Waals surface area contributed by atoms with Crippen LogP contribution in [0.1, 0.15) is 0 Å². The molecule has 1 aliphatic rings. The summed E-state index contributed by atoms with van der Waals surface area (Å²) < 4.78 is 16.6. The first-order chi connectivity index (χ1) is 11.7. The Bertz CT molecular complexity index is 744. The van der Waals surface area contributed by atoms with Gasteiger partial charge >= 0.3 is 0 Å². The highest BCUT2D eigenvalue weighted by atomic mass is 35.5. The first kappa shape index (κ1) is 19.6. The van der Waals surface area contributed by atoms with Crippen molar-refractivity contribution in [3.8, 4) is 17.2 Å². The van der Waals surface area contributed by atoms with Crippen molar-refractivity contribution in [2.24, 2.45) is 10.7 Å². The predicted molar refractivity (Wildman–Crippen MR) is 98.1 cm³/mol. The minimum Gasteiger partial charge on any atom is -1.00 e. The zero-order valence-corrected chi connectivity index (χ0v) is 15.6. The van der Waals surface area contributed by atoms with Gasteiger partial charge in [-0.15, -0.1) is 0 Å². The van der Waals surface area contributed by atoms with Crippen LogP contribution in [0.25, 0.3) is 0 Å². The highest BCUT2D eigenvalue weighted by Crippen LogP contribution is 2.33. The van der Waals surface area contributed by atoms with Gasteiger partial charge in [0.25, 0.3) is 0 Å². The van der Waals surface area contributed by atoms with Crippen molar-refractivity contribution < 1.29 is 26.6 Å². The molecule has 5 nitrogen and oxygen atoms in total. The number of hydrogen-bond donors (Lipinski definition) is 1. The van der Waals surface area contributed by atoms with Crippen LogP contribution in [0.4, 0.5) is 5.69 Å². The summed E-state index contributed by atoms with van der Waals surface area (Å²) >= 11 is 7.45. The average molecular weight is 400 g/mol. The standard InChI is InChI=1S/C17H17ClN2O3S.ClH/c18-13-3-1-2-4-14(13)23-9-10-24-17(19)20-12-5-6-15-16(11-12)22-8-7-21-15;/h1-6,11H,7-10H2,(H2,19,20);1H/p-1. The van der Waals surface area contributed by atoms with Crippen LogP contribution >= 0.6 is 23.4 Å². The molecule has 1 heterocycles. The lowest BCUT2D eigenvalue weighted by Gasteiger charge is -2.18. The van der Waals surface area contributed by atoms with E-state index in [0.29, 0.717) is 47.3 Å². The number of rotatable bonds is 5. The van der Waals surface area contributed by atoms with Crippen LogP contribution in [0, 0.1) is 0 Å². The molecule has 0 aliphatic carbocycles. The van der Waals surface area contributed by atoms with E-state index in [-0.39, 0.29) is 12.4 Å². The van der Waals surface area contributed by atoms with Crippen LogP contribution in [-0.2, 0) is 0 Å². The maximum Gasteiger partial charge on any atom is 0.163 e. The summed E-state index contributed by atoms with van der Waals surface area (Å²) in [6.45, 7) is 1.61. The third-order valence-electron chi connectivity index (χ3n) is 3.19. The third kappa shape index (κ3) is 5.63. The molecule has 3 rings (SSSR count). The van der Waals surface area contributed by atoms with Crippen LogP contribution in [0.2, 0.25) is 5.02 Å². The SMILES string of the molecule is NC(=Nc1ccc2c(c1)OCCO2)SCCOc1ccccc1Cl.[Cl-]. The van der Waals surface area contributed by atoms with Crippen molar-refractivity contribution in [3.63, 3.8) is 0 Å². The normalized spacial score (nSPS) is 13.1. The van der Waals surface area contributed by atoms with Gasteiger partial charge in [0, 0.05) is 11.8 Å². The summed E-state index contributed by atoms with van der Waals surface area (Å²) in [5, 5.41) is 1.06. The smallest absolute Gasteiger partial charge is 0.163 e. The van der Waals surface area contributed by atoms with E-state index in [2.05, 4.69) is 4.99 Å². The van der Waals surface area contributed by atoms with Gasteiger partial charge in [0.05, 0.1) is 17.3 Å². The fraction of sp³-hybridized carbons (Fsp3) is 0.235. The van der Waals surface area contributed by atoms with Crippen LogP contribution in [0.3, 0.4) is 0 Å². The number of ether oxygens (including phenoxy) is 3. The van der Waals surface area contributed by atoms with E-state index in [0.717, 1.165) is 11.4 Å². The first-order valence-corrected chi connectivity index (χ1v) is 8.83. The second-order valence-electron chi connectivity index (χ2n) is 4.91. The van der Waals surface area contributed by atoms with E-state index in [4.69, 9.17) is 31.5 Å². The Balaban J connectivity index is 0.00000225. The molecular formula is C17H17Cl2N2O3S-. The maximum absolute atomic E-state index is 6.03. The van der Waals surface area contributed by atoms with Gasteiger partial charge in [0.1, 0.15) is 19.0 Å². The van der Waals surface area contributed by atoms with Gasteiger partial charge < -0.3 is 32.4 Å². The van der Waals surface area contributed by atoms with Crippen molar-refractivity contribution in [1.29, 1.82) is 0 Å². The molecule has 0 amide bonds. The van der Waals surface area contributed by atoms with Crippen molar-refractivity contribution in [2.45, 2.75) is 0 Å². The molecule has 2 aromatic rings. The van der Waals surface area contributed by atoms with Gasteiger partial charge in [-0.05, 0) is 24.3 Å². The molecule has 0 spiro atoms. The topological polar surface area (TPSA) is 66.1 Å². The number of thioether (sulfide) groups is 1. The monoisotopic (exact) mass is 399 g/mol. The van der Waals surface area contributed by atoms with Gasteiger partial charge in [0.15, 0.2) is 16.7 Å². The van der Waals surface area contributed by atoms with Gasteiger partial charge in [-0.2, -0.15) is 0 Å². The molecule has 0 saturated carbocycles. The second-order valence-corrected chi connectivity index (χ2v) is 6.43. The summed E-state index contributed by atoms with van der Waals surface area (Å²) in [6, 6.07) is 12.9. The molecular weight excluding hydrogens is 383 g/mol. The first-order valence-electron chi connectivity index (χ1n) is 7.46. The molecule has 0 saturated heterocycles. The van der Waals surface area contributed by atoms with Crippen molar-refractivity contribution >= 4 is 34.2 Å². The van der Waals surface area contributed by atoms with Crippen LogP contribution in [0.15, 0.2) is 47.5 Å². The summed E-state index contributed by atoms with van der Waals surface area (Å²) in [4.78, 5) is 4.37. The van der Waals surface area contributed by atoms with E-state index in [1.54, 1.807) is 6.07 Å². The minimum atomic E-state index is 0. The van der Waals surface area contributed by atoms with Crippen molar-refractivity contribution in [2.75, 3.05) is 25.6 Å².